The van der Waals surface area contributed by atoms with Crippen LogP contribution in [0.15, 0.2) is 30.3 Å². The standard InChI is InChI=1S/C21H32N4O2/c26-20(22-16-19-8-4-3-5-9-19)17-23-12-14-24(15-13-23)18-21(27)25-10-6-1-2-7-11-25/h3-5,8-9H,1-2,6-7,10-18H2,(H,22,26). The molecule has 148 valence electrons. The molecule has 0 spiro atoms. The van der Waals surface area contributed by atoms with Crippen LogP contribution in [0.5, 0.6) is 0 Å². The van der Waals surface area contributed by atoms with Crippen LogP contribution in [0.25, 0.3) is 0 Å². The molecule has 1 aromatic rings. The SMILES string of the molecule is O=C(CN1CCN(CC(=O)N2CCCCCC2)CC1)NCc1ccccc1. The van der Waals surface area contributed by atoms with E-state index in [-0.39, 0.29) is 11.8 Å². The van der Waals surface area contributed by atoms with Crippen LogP contribution < -0.4 is 5.32 Å². The number of benzene rings is 1. The molecular weight excluding hydrogens is 340 g/mol. The van der Waals surface area contributed by atoms with Gasteiger partial charge in [0, 0.05) is 45.8 Å². The summed E-state index contributed by atoms with van der Waals surface area (Å²) in [5.41, 5.74) is 1.11. The maximum Gasteiger partial charge on any atom is 0.236 e. The van der Waals surface area contributed by atoms with Crippen molar-refractivity contribution >= 4 is 11.8 Å². The van der Waals surface area contributed by atoms with Crippen molar-refractivity contribution in [2.75, 3.05) is 52.4 Å². The van der Waals surface area contributed by atoms with Gasteiger partial charge in [0.1, 0.15) is 0 Å². The first-order chi connectivity index (χ1) is 13.2. The molecule has 3 rings (SSSR count). The Morgan fingerprint density at radius 3 is 2.00 bits per heavy atom. The first-order valence-electron chi connectivity index (χ1n) is 10.2. The van der Waals surface area contributed by atoms with Gasteiger partial charge in [-0.2, -0.15) is 0 Å². The highest BCUT2D eigenvalue weighted by Gasteiger charge is 2.23. The second kappa shape index (κ2) is 10.4. The highest BCUT2D eigenvalue weighted by atomic mass is 16.2. The van der Waals surface area contributed by atoms with Crippen molar-refractivity contribution in [2.24, 2.45) is 0 Å². The first-order valence-corrected chi connectivity index (χ1v) is 10.2. The van der Waals surface area contributed by atoms with Crippen LogP contribution in [-0.2, 0) is 16.1 Å². The zero-order valence-electron chi connectivity index (χ0n) is 16.2. The Bertz CT molecular complexity index is 591. The minimum atomic E-state index is 0.0629. The van der Waals surface area contributed by atoms with Crippen LogP contribution in [0.3, 0.4) is 0 Å². The summed E-state index contributed by atoms with van der Waals surface area (Å²) in [5, 5.41) is 2.98. The molecule has 2 saturated heterocycles. The number of nitrogens with one attached hydrogen (secondary N) is 1. The van der Waals surface area contributed by atoms with Crippen LogP contribution in [0, 0.1) is 0 Å². The minimum Gasteiger partial charge on any atom is -0.351 e. The molecule has 2 aliphatic rings. The van der Waals surface area contributed by atoms with Crippen LogP contribution in [-0.4, -0.2) is 78.9 Å². The van der Waals surface area contributed by atoms with Crippen molar-refractivity contribution in [3.8, 4) is 0 Å². The third-order valence-electron chi connectivity index (χ3n) is 5.48. The predicted octanol–water partition coefficient (Wildman–Crippen LogP) is 1.32. The van der Waals surface area contributed by atoms with Gasteiger partial charge in [0.2, 0.25) is 11.8 Å². The molecule has 0 saturated carbocycles. The summed E-state index contributed by atoms with van der Waals surface area (Å²) in [5.74, 6) is 0.332. The monoisotopic (exact) mass is 372 g/mol. The fraction of sp³-hybridized carbons (Fsp3) is 0.619. The number of rotatable bonds is 6. The first kappa shape index (κ1) is 19.8. The second-order valence-electron chi connectivity index (χ2n) is 7.61. The summed E-state index contributed by atoms with van der Waals surface area (Å²) in [6, 6.07) is 9.96. The van der Waals surface area contributed by atoms with E-state index in [1.807, 2.05) is 35.2 Å². The fourth-order valence-electron chi connectivity index (χ4n) is 3.77. The van der Waals surface area contributed by atoms with Gasteiger partial charge >= 0.3 is 0 Å². The average Bonchev–Trinajstić information content (AvgIpc) is 2.98. The zero-order valence-corrected chi connectivity index (χ0v) is 16.2. The minimum absolute atomic E-state index is 0.0629. The molecule has 2 heterocycles. The van der Waals surface area contributed by atoms with Gasteiger partial charge in [-0.3, -0.25) is 19.4 Å². The molecule has 0 aliphatic carbocycles. The Labute approximate surface area is 162 Å². The van der Waals surface area contributed by atoms with Gasteiger partial charge in [0.05, 0.1) is 13.1 Å². The molecule has 6 nitrogen and oxygen atoms in total. The summed E-state index contributed by atoms with van der Waals surface area (Å²) >= 11 is 0. The molecular formula is C21H32N4O2. The largest absolute Gasteiger partial charge is 0.351 e. The number of amides is 2. The summed E-state index contributed by atoms with van der Waals surface area (Å²) in [4.78, 5) is 31.1. The lowest BCUT2D eigenvalue weighted by molar-refractivity contribution is -0.133. The number of nitrogens with zero attached hydrogens (tertiary/aromatic N) is 3. The molecule has 1 aromatic carbocycles. The van der Waals surface area contributed by atoms with E-state index in [2.05, 4.69) is 15.1 Å². The van der Waals surface area contributed by atoms with E-state index in [0.29, 0.717) is 19.6 Å². The Morgan fingerprint density at radius 1 is 0.778 bits per heavy atom. The van der Waals surface area contributed by atoms with Crippen LogP contribution >= 0.6 is 0 Å². The van der Waals surface area contributed by atoms with Gasteiger partial charge in [-0.05, 0) is 18.4 Å². The maximum absolute atomic E-state index is 12.5. The molecule has 27 heavy (non-hydrogen) atoms. The zero-order chi connectivity index (χ0) is 18.9. The van der Waals surface area contributed by atoms with E-state index in [9.17, 15) is 9.59 Å². The highest BCUT2D eigenvalue weighted by molar-refractivity contribution is 5.78. The van der Waals surface area contributed by atoms with Crippen molar-refractivity contribution < 1.29 is 9.59 Å². The average molecular weight is 373 g/mol. The third-order valence-corrected chi connectivity index (χ3v) is 5.48. The topological polar surface area (TPSA) is 55.9 Å². The van der Waals surface area contributed by atoms with Crippen molar-refractivity contribution in [1.29, 1.82) is 0 Å². The summed E-state index contributed by atoms with van der Waals surface area (Å²) in [7, 11) is 0. The molecule has 0 radical (unpaired) electrons. The lowest BCUT2D eigenvalue weighted by Gasteiger charge is -2.35. The van der Waals surface area contributed by atoms with Gasteiger partial charge in [0.15, 0.2) is 0 Å². The van der Waals surface area contributed by atoms with Gasteiger partial charge in [-0.25, -0.2) is 0 Å². The van der Waals surface area contributed by atoms with E-state index in [4.69, 9.17) is 0 Å². The van der Waals surface area contributed by atoms with Crippen LogP contribution in [0.1, 0.15) is 31.2 Å². The van der Waals surface area contributed by atoms with Gasteiger partial charge in [-0.1, -0.05) is 43.2 Å². The lowest BCUT2D eigenvalue weighted by Crippen LogP contribution is -2.52. The fourth-order valence-corrected chi connectivity index (χ4v) is 3.77. The number of carbonyl (C=O) groups is 2. The third kappa shape index (κ3) is 6.63. The van der Waals surface area contributed by atoms with E-state index in [1.165, 1.54) is 12.8 Å². The number of carbonyl (C=O) groups excluding carboxylic acids is 2. The van der Waals surface area contributed by atoms with Gasteiger partial charge in [0.25, 0.3) is 0 Å². The van der Waals surface area contributed by atoms with Crippen molar-refractivity contribution in [2.45, 2.75) is 32.2 Å². The van der Waals surface area contributed by atoms with E-state index in [1.54, 1.807) is 0 Å². The van der Waals surface area contributed by atoms with Crippen LogP contribution in [0.2, 0.25) is 0 Å². The van der Waals surface area contributed by atoms with E-state index < -0.39 is 0 Å². The van der Waals surface area contributed by atoms with Crippen molar-refractivity contribution in [3.05, 3.63) is 35.9 Å². The Hall–Kier alpha value is -1.92. The summed E-state index contributed by atoms with van der Waals surface area (Å²) in [6.07, 6.45) is 4.76. The normalized spacial score (nSPS) is 19.5. The highest BCUT2D eigenvalue weighted by Crippen LogP contribution is 2.11. The summed E-state index contributed by atoms with van der Waals surface area (Å²) in [6.45, 7) is 6.74. The molecule has 0 bridgehead atoms. The molecule has 6 heteroatoms. The smallest absolute Gasteiger partial charge is 0.236 e. The predicted molar refractivity (Wildman–Crippen MR) is 106 cm³/mol. The van der Waals surface area contributed by atoms with E-state index in [0.717, 1.165) is 57.7 Å². The Balaban J connectivity index is 1.33. The number of likely N-dealkylation sites (tertiary alicyclic amines) is 1. The molecule has 0 aromatic heterocycles. The lowest BCUT2D eigenvalue weighted by atomic mass is 10.2. The Kier molecular flexibility index (Phi) is 7.66. The molecule has 2 fully saturated rings. The number of piperazine rings is 1. The van der Waals surface area contributed by atoms with Gasteiger partial charge < -0.3 is 10.2 Å². The number of hydrogen-bond acceptors (Lipinski definition) is 4. The van der Waals surface area contributed by atoms with E-state index >= 15 is 0 Å². The molecule has 0 atom stereocenters. The maximum atomic E-state index is 12.5. The second-order valence-corrected chi connectivity index (χ2v) is 7.61. The van der Waals surface area contributed by atoms with Crippen LogP contribution in [0.4, 0.5) is 0 Å². The molecule has 1 N–H and O–H groups in total. The summed E-state index contributed by atoms with van der Waals surface area (Å²) < 4.78 is 0. The Morgan fingerprint density at radius 2 is 1.37 bits per heavy atom. The molecule has 2 aliphatic heterocycles. The van der Waals surface area contributed by atoms with Crippen molar-refractivity contribution in [1.82, 2.24) is 20.0 Å². The number of hydrogen-bond donors (Lipinski definition) is 1. The van der Waals surface area contributed by atoms with Crippen molar-refractivity contribution in [3.63, 3.8) is 0 Å². The molecule has 2 amide bonds. The molecule has 0 unspecified atom stereocenters. The van der Waals surface area contributed by atoms with Gasteiger partial charge in [-0.15, -0.1) is 0 Å². The quantitative estimate of drug-likeness (QED) is 0.818.